The molecule has 3 heterocycles. The maximum Gasteiger partial charge on any atom is 0.239 e. The zero-order chi connectivity index (χ0) is 20.1. The number of hydrogen-bond acceptors (Lipinski definition) is 4. The lowest BCUT2D eigenvalue weighted by Crippen LogP contribution is -2.49. The zero-order valence-corrected chi connectivity index (χ0v) is 16.5. The summed E-state index contributed by atoms with van der Waals surface area (Å²) < 4.78 is 0. The smallest absolute Gasteiger partial charge is 0.239 e. The first-order chi connectivity index (χ1) is 14.2. The second kappa shape index (κ2) is 9.20. The molecular weight excluding hydrogens is 366 g/mol. The summed E-state index contributed by atoms with van der Waals surface area (Å²) in [5.74, 6) is 0.433. The second-order valence-corrected chi connectivity index (χ2v) is 7.59. The predicted molar refractivity (Wildman–Crippen MR) is 111 cm³/mol. The molecule has 0 atom stereocenters. The van der Waals surface area contributed by atoms with Crippen LogP contribution in [0.25, 0.3) is 0 Å². The monoisotopic (exact) mass is 393 g/mol. The lowest BCUT2D eigenvalue weighted by molar-refractivity contribution is -0.180. The highest BCUT2D eigenvalue weighted by Crippen LogP contribution is 2.32. The average molecular weight is 393 g/mol. The first kappa shape index (κ1) is 19.6. The van der Waals surface area contributed by atoms with Gasteiger partial charge in [-0.1, -0.05) is 48.5 Å². The van der Waals surface area contributed by atoms with Crippen LogP contribution in [-0.2, 0) is 27.5 Å². The Morgan fingerprint density at radius 3 is 2.28 bits per heavy atom. The number of rotatable bonds is 4. The van der Waals surface area contributed by atoms with Crippen LogP contribution in [0.15, 0.2) is 54.6 Å². The van der Waals surface area contributed by atoms with E-state index >= 15 is 0 Å². The van der Waals surface area contributed by atoms with Crippen LogP contribution >= 0.6 is 0 Å². The maximum absolute atomic E-state index is 12.5. The number of carbonyl (C=O) groups excluding carboxylic acids is 2. The molecule has 3 aliphatic rings. The summed E-state index contributed by atoms with van der Waals surface area (Å²) >= 11 is 0. The molecule has 0 aromatic heterocycles. The largest absolute Gasteiger partial charge is 0.346 e. The third kappa shape index (κ3) is 5.22. The molecule has 2 fully saturated rings. The Bertz CT molecular complexity index is 841. The fourth-order valence-electron chi connectivity index (χ4n) is 3.86. The number of carbonyl (C=O) groups is 2. The van der Waals surface area contributed by atoms with Gasteiger partial charge in [-0.2, -0.15) is 5.06 Å². The fourth-order valence-corrected chi connectivity index (χ4v) is 3.86. The zero-order valence-electron chi connectivity index (χ0n) is 16.5. The summed E-state index contributed by atoms with van der Waals surface area (Å²) in [4.78, 5) is 30.0. The molecule has 0 unspecified atom stereocenters. The van der Waals surface area contributed by atoms with E-state index in [9.17, 15) is 9.59 Å². The number of fused-ring (bicyclic) bond motifs is 1. The van der Waals surface area contributed by atoms with Crippen LogP contribution < -0.4 is 10.2 Å². The summed E-state index contributed by atoms with van der Waals surface area (Å²) in [6, 6.07) is 18.8. The van der Waals surface area contributed by atoms with E-state index in [-0.39, 0.29) is 17.9 Å². The van der Waals surface area contributed by atoms with E-state index in [0.717, 1.165) is 38.0 Å². The van der Waals surface area contributed by atoms with Gasteiger partial charge in [-0.3, -0.25) is 14.4 Å². The van der Waals surface area contributed by atoms with Crippen molar-refractivity contribution in [3.63, 3.8) is 0 Å². The lowest BCUT2D eigenvalue weighted by Gasteiger charge is -2.40. The number of benzene rings is 2. The Labute approximate surface area is 171 Å². The Balaban J connectivity index is 0.000000458. The van der Waals surface area contributed by atoms with Crippen LogP contribution in [0, 0.1) is 0 Å². The van der Waals surface area contributed by atoms with E-state index in [0.29, 0.717) is 19.6 Å². The molecule has 0 aliphatic carbocycles. The number of piperidine rings is 1. The molecule has 6 nitrogen and oxygen atoms in total. The molecule has 3 aliphatic heterocycles. The minimum absolute atomic E-state index is 0.167. The van der Waals surface area contributed by atoms with Gasteiger partial charge in [-0.25, -0.2) is 0 Å². The van der Waals surface area contributed by atoms with Crippen LogP contribution in [0.3, 0.4) is 0 Å². The van der Waals surface area contributed by atoms with Gasteiger partial charge in [0.25, 0.3) is 0 Å². The van der Waals surface area contributed by atoms with E-state index in [1.807, 2.05) is 34.2 Å². The SMILES string of the molecule is O=C1CCc2ccccc2N1C1CCN(OCc2ccccc2)CC1.O=C1CN1. The first-order valence-corrected chi connectivity index (χ1v) is 10.3. The van der Waals surface area contributed by atoms with Gasteiger partial charge in [0.1, 0.15) is 0 Å². The molecule has 0 spiro atoms. The molecule has 152 valence electrons. The number of hydroxylamine groups is 2. The molecule has 29 heavy (non-hydrogen) atoms. The number of nitrogens with zero attached hydrogens (tertiary/aromatic N) is 2. The topological polar surface area (TPSA) is 71.8 Å². The normalized spacial score (nSPS) is 19.1. The number of nitrogens with one attached hydrogen (secondary N) is 1. The predicted octanol–water partition coefficient (Wildman–Crippen LogP) is 2.68. The minimum atomic E-state index is 0.167. The minimum Gasteiger partial charge on any atom is -0.346 e. The summed E-state index contributed by atoms with van der Waals surface area (Å²) in [6.45, 7) is 2.93. The summed E-state index contributed by atoms with van der Waals surface area (Å²) in [7, 11) is 0. The van der Waals surface area contributed by atoms with Gasteiger partial charge < -0.3 is 10.2 Å². The van der Waals surface area contributed by atoms with Crippen LogP contribution in [0.5, 0.6) is 0 Å². The van der Waals surface area contributed by atoms with Crippen molar-refractivity contribution < 1.29 is 14.4 Å². The molecule has 0 radical (unpaired) electrons. The van der Waals surface area contributed by atoms with Gasteiger partial charge in [-0.05, 0) is 36.5 Å². The van der Waals surface area contributed by atoms with E-state index < -0.39 is 0 Å². The molecule has 1 N–H and O–H groups in total. The van der Waals surface area contributed by atoms with Gasteiger partial charge in [0.15, 0.2) is 0 Å². The van der Waals surface area contributed by atoms with Gasteiger partial charge >= 0.3 is 0 Å². The van der Waals surface area contributed by atoms with Crippen molar-refractivity contribution in [3.05, 3.63) is 65.7 Å². The van der Waals surface area contributed by atoms with Crippen LogP contribution in [0.4, 0.5) is 5.69 Å². The third-order valence-corrected chi connectivity index (χ3v) is 5.49. The highest BCUT2D eigenvalue weighted by atomic mass is 16.7. The average Bonchev–Trinajstić information content (AvgIpc) is 3.56. The molecule has 0 saturated carbocycles. The van der Waals surface area contributed by atoms with Crippen molar-refractivity contribution in [2.45, 2.75) is 38.3 Å². The van der Waals surface area contributed by atoms with Crippen molar-refractivity contribution >= 4 is 17.5 Å². The fraction of sp³-hybridized carbons (Fsp3) is 0.391. The van der Waals surface area contributed by atoms with Crippen LogP contribution in [-0.4, -0.2) is 42.6 Å². The van der Waals surface area contributed by atoms with Gasteiger partial charge in [0.05, 0.1) is 13.2 Å². The van der Waals surface area contributed by atoms with Crippen molar-refractivity contribution in [2.75, 3.05) is 24.5 Å². The standard InChI is InChI=1S/C21H24N2O2.C2H3NO/c24-21-11-10-18-8-4-5-9-20(18)23(21)19-12-14-22(15-13-19)25-16-17-6-2-1-3-7-17;4-2-1-3-2/h1-9,19H,10-16H2;1H2,(H,3,4). The van der Waals surface area contributed by atoms with Crippen molar-refractivity contribution in [1.82, 2.24) is 10.4 Å². The highest BCUT2D eigenvalue weighted by Gasteiger charge is 2.32. The van der Waals surface area contributed by atoms with E-state index in [2.05, 4.69) is 35.6 Å². The number of hydrogen-bond donors (Lipinski definition) is 1. The number of aryl methyl sites for hydroxylation is 1. The third-order valence-electron chi connectivity index (χ3n) is 5.49. The van der Waals surface area contributed by atoms with Crippen molar-refractivity contribution in [1.29, 1.82) is 0 Å². The Morgan fingerprint density at radius 1 is 0.931 bits per heavy atom. The van der Waals surface area contributed by atoms with E-state index in [4.69, 9.17) is 4.84 Å². The van der Waals surface area contributed by atoms with Crippen molar-refractivity contribution in [3.8, 4) is 0 Å². The van der Waals surface area contributed by atoms with Crippen molar-refractivity contribution in [2.24, 2.45) is 0 Å². The van der Waals surface area contributed by atoms with Gasteiger partial charge in [0.2, 0.25) is 11.8 Å². The number of amides is 2. The second-order valence-electron chi connectivity index (χ2n) is 7.59. The van der Waals surface area contributed by atoms with Gasteiger partial charge in [-0.15, -0.1) is 0 Å². The van der Waals surface area contributed by atoms with E-state index in [1.165, 1.54) is 11.1 Å². The quantitative estimate of drug-likeness (QED) is 0.811. The molecule has 2 aromatic rings. The molecule has 2 amide bonds. The summed E-state index contributed by atoms with van der Waals surface area (Å²) in [5.41, 5.74) is 3.59. The van der Waals surface area contributed by atoms with Crippen LogP contribution in [0.2, 0.25) is 0 Å². The summed E-state index contributed by atoms with van der Waals surface area (Å²) in [5, 5.41) is 4.50. The number of para-hydroxylation sites is 1. The van der Waals surface area contributed by atoms with Crippen LogP contribution in [0.1, 0.15) is 30.4 Å². The molecule has 2 aromatic carbocycles. The Morgan fingerprint density at radius 2 is 1.59 bits per heavy atom. The molecule has 2 saturated heterocycles. The summed E-state index contributed by atoms with van der Waals surface area (Å²) in [6.07, 6.45) is 3.40. The number of anilines is 1. The highest BCUT2D eigenvalue weighted by molar-refractivity contribution is 5.97. The van der Waals surface area contributed by atoms with E-state index in [1.54, 1.807) is 0 Å². The van der Waals surface area contributed by atoms with Gasteiger partial charge in [0, 0.05) is 31.2 Å². The lowest BCUT2D eigenvalue weighted by atomic mass is 9.96. The maximum atomic E-state index is 12.5. The Hall–Kier alpha value is -2.70. The molecule has 6 heteroatoms. The Kier molecular flexibility index (Phi) is 6.22. The first-order valence-electron chi connectivity index (χ1n) is 10.3. The molecular formula is C23H27N3O3. The molecule has 0 bridgehead atoms. The molecule has 5 rings (SSSR count).